The standard InChI is InChI=1S/C8H16BNO4/c11-8(12)7-5-10-4-6(7)2-1-3-9(13)14/h6-7,10,13-14H,1-5H2,(H,11,12)/t6-,7?/m1/s1. The second-order valence-corrected chi connectivity index (χ2v) is 3.77. The third kappa shape index (κ3) is 3.28. The van der Waals surface area contributed by atoms with Gasteiger partial charge in [-0.1, -0.05) is 6.42 Å². The van der Waals surface area contributed by atoms with Gasteiger partial charge in [0.2, 0.25) is 0 Å². The van der Waals surface area contributed by atoms with E-state index < -0.39 is 13.1 Å². The van der Waals surface area contributed by atoms with Crippen LogP contribution in [0.3, 0.4) is 0 Å². The van der Waals surface area contributed by atoms with Gasteiger partial charge in [-0.3, -0.25) is 4.79 Å². The molecular formula is C8H16BNO4. The summed E-state index contributed by atoms with van der Waals surface area (Å²) in [7, 11) is -1.27. The molecule has 0 aromatic carbocycles. The highest BCUT2D eigenvalue weighted by Crippen LogP contribution is 2.22. The topological polar surface area (TPSA) is 89.8 Å². The van der Waals surface area contributed by atoms with Gasteiger partial charge in [0.1, 0.15) is 0 Å². The Bertz CT molecular complexity index is 200. The molecule has 1 unspecified atom stereocenters. The van der Waals surface area contributed by atoms with Gasteiger partial charge in [0.15, 0.2) is 0 Å². The zero-order chi connectivity index (χ0) is 10.6. The molecule has 0 bridgehead atoms. The zero-order valence-corrected chi connectivity index (χ0v) is 8.02. The fourth-order valence-electron chi connectivity index (χ4n) is 1.89. The second-order valence-electron chi connectivity index (χ2n) is 3.77. The molecule has 14 heavy (non-hydrogen) atoms. The molecule has 1 aliphatic heterocycles. The highest BCUT2D eigenvalue weighted by molar-refractivity contribution is 6.40. The van der Waals surface area contributed by atoms with E-state index in [2.05, 4.69) is 5.32 Å². The Labute approximate surface area is 83.3 Å². The van der Waals surface area contributed by atoms with Crippen molar-refractivity contribution in [2.24, 2.45) is 11.8 Å². The minimum atomic E-state index is -1.27. The lowest BCUT2D eigenvalue weighted by Crippen LogP contribution is -2.22. The maximum absolute atomic E-state index is 10.8. The fourth-order valence-corrected chi connectivity index (χ4v) is 1.89. The summed E-state index contributed by atoms with van der Waals surface area (Å²) in [5.41, 5.74) is 0. The number of aliphatic carboxylic acids is 1. The van der Waals surface area contributed by atoms with Crippen LogP contribution in [0.4, 0.5) is 0 Å². The van der Waals surface area contributed by atoms with Crippen LogP contribution in [0.25, 0.3) is 0 Å². The van der Waals surface area contributed by atoms with E-state index in [0.717, 1.165) is 13.0 Å². The highest BCUT2D eigenvalue weighted by Gasteiger charge is 2.32. The van der Waals surface area contributed by atoms with Crippen molar-refractivity contribution in [1.29, 1.82) is 0 Å². The van der Waals surface area contributed by atoms with Crippen molar-refractivity contribution in [2.45, 2.75) is 19.2 Å². The molecule has 0 amide bonds. The first-order valence-corrected chi connectivity index (χ1v) is 4.91. The van der Waals surface area contributed by atoms with Crippen LogP contribution in [0.1, 0.15) is 12.8 Å². The van der Waals surface area contributed by atoms with Gasteiger partial charge < -0.3 is 20.5 Å². The van der Waals surface area contributed by atoms with E-state index in [-0.39, 0.29) is 11.8 Å². The highest BCUT2D eigenvalue weighted by atomic mass is 16.4. The number of nitrogens with one attached hydrogen (secondary N) is 1. The number of carboxylic acid groups (broad SMARTS) is 1. The Kier molecular flexibility index (Phi) is 4.38. The van der Waals surface area contributed by atoms with Crippen molar-refractivity contribution in [1.82, 2.24) is 5.32 Å². The molecule has 0 aromatic heterocycles. The SMILES string of the molecule is O=C(O)C1CNC[C@H]1CCCB(O)O. The van der Waals surface area contributed by atoms with E-state index in [1.807, 2.05) is 0 Å². The van der Waals surface area contributed by atoms with Crippen LogP contribution < -0.4 is 5.32 Å². The van der Waals surface area contributed by atoms with Crippen molar-refractivity contribution < 1.29 is 19.9 Å². The first-order chi connectivity index (χ1) is 6.61. The molecule has 0 aliphatic carbocycles. The Morgan fingerprint density at radius 1 is 1.43 bits per heavy atom. The number of carboxylic acids is 1. The monoisotopic (exact) mass is 201 g/mol. The summed E-state index contributed by atoms with van der Waals surface area (Å²) in [6.45, 7) is 1.25. The van der Waals surface area contributed by atoms with Gasteiger partial charge in [-0.25, -0.2) is 0 Å². The third-order valence-corrected chi connectivity index (χ3v) is 2.69. The summed E-state index contributed by atoms with van der Waals surface area (Å²) in [6, 6.07) is 0. The first kappa shape index (κ1) is 11.5. The molecule has 2 atom stereocenters. The van der Waals surface area contributed by atoms with Crippen LogP contribution >= 0.6 is 0 Å². The maximum Gasteiger partial charge on any atom is 0.451 e. The molecule has 4 N–H and O–H groups in total. The van der Waals surface area contributed by atoms with Crippen molar-refractivity contribution in [3.05, 3.63) is 0 Å². The van der Waals surface area contributed by atoms with Crippen LogP contribution in [0.15, 0.2) is 0 Å². The van der Waals surface area contributed by atoms with Crippen molar-refractivity contribution in [3.63, 3.8) is 0 Å². The van der Waals surface area contributed by atoms with Gasteiger partial charge in [0.05, 0.1) is 5.92 Å². The van der Waals surface area contributed by atoms with Gasteiger partial charge in [0, 0.05) is 6.54 Å². The maximum atomic E-state index is 10.8. The molecule has 1 heterocycles. The Hall–Kier alpha value is -0.585. The van der Waals surface area contributed by atoms with E-state index >= 15 is 0 Å². The minimum Gasteiger partial charge on any atom is -0.481 e. The number of carbonyl (C=O) groups is 1. The normalized spacial score (nSPS) is 26.4. The molecule has 1 aliphatic rings. The van der Waals surface area contributed by atoms with Crippen LogP contribution in [-0.4, -0.2) is 41.3 Å². The average molecular weight is 201 g/mol. The molecule has 80 valence electrons. The summed E-state index contributed by atoms with van der Waals surface area (Å²) >= 11 is 0. The lowest BCUT2D eigenvalue weighted by Gasteiger charge is -2.13. The Balaban J connectivity index is 2.26. The summed E-state index contributed by atoms with van der Waals surface area (Å²) in [4.78, 5) is 10.8. The average Bonchev–Trinajstić information content (AvgIpc) is 2.51. The molecule has 0 aromatic rings. The van der Waals surface area contributed by atoms with E-state index in [0.29, 0.717) is 19.3 Å². The molecule has 1 saturated heterocycles. The van der Waals surface area contributed by atoms with Gasteiger partial charge in [-0.2, -0.15) is 0 Å². The number of hydrogen-bond acceptors (Lipinski definition) is 4. The van der Waals surface area contributed by atoms with Crippen LogP contribution in [-0.2, 0) is 4.79 Å². The fraction of sp³-hybridized carbons (Fsp3) is 0.875. The summed E-state index contributed by atoms with van der Waals surface area (Å²) in [5, 5.41) is 29.1. The van der Waals surface area contributed by atoms with Crippen LogP contribution in [0.2, 0.25) is 6.32 Å². The third-order valence-electron chi connectivity index (χ3n) is 2.69. The molecule has 0 radical (unpaired) electrons. The molecule has 0 saturated carbocycles. The van der Waals surface area contributed by atoms with Crippen molar-refractivity contribution >= 4 is 13.1 Å². The molecule has 5 nitrogen and oxygen atoms in total. The molecule has 1 fully saturated rings. The molecule has 0 spiro atoms. The molecule has 6 heteroatoms. The lowest BCUT2D eigenvalue weighted by atomic mass is 9.80. The smallest absolute Gasteiger partial charge is 0.451 e. The van der Waals surface area contributed by atoms with E-state index in [1.165, 1.54) is 0 Å². The summed E-state index contributed by atoms with van der Waals surface area (Å²) in [5.74, 6) is -0.943. The van der Waals surface area contributed by atoms with Gasteiger partial charge in [0.25, 0.3) is 0 Å². The van der Waals surface area contributed by atoms with Gasteiger partial charge in [-0.15, -0.1) is 0 Å². The van der Waals surface area contributed by atoms with Crippen molar-refractivity contribution in [2.75, 3.05) is 13.1 Å². The van der Waals surface area contributed by atoms with E-state index in [4.69, 9.17) is 15.2 Å². The molecule has 1 rings (SSSR count). The first-order valence-electron chi connectivity index (χ1n) is 4.91. The summed E-state index contributed by atoms with van der Waals surface area (Å²) < 4.78 is 0. The van der Waals surface area contributed by atoms with Crippen molar-refractivity contribution in [3.8, 4) is 0 Å². The van der Waals surface area contributed by atoms with E-state index in [1.54, 1.807) is 0 Å². The largest absolute Gasteiger partial charge is 0.481 e. The predicted octanol–water partition coefficient (Wildman–Crippen LogP) is -0.840. The molecular weight excluding hydrogens is 185 g/mol. The second kappa shape index (κ2) is 5.33. The zero-order valence-electron chi connectivity index (χ0n) is 8.02. The number of rotatable bonds is 5. The Morgan fingerprint density at radius 2 is 2.14 bits per heavy atom. The van der Waals surface area contributed by atoms with Gasteiger partial charge >= 0.3 is 13.1 Å². The van der Waals surface area contributed by atoms with Gasteiger partial charge in [-0.05, 0) is 25.2 Å². The van der Waals surface area contributed by atoms with Crippen LogP contribution in [0.5, 0.6) is 0 Å². The quantitative estimate of drug-likeness (QED) is 0.435. The summed E-state index contributed by atoms with van der Waals surface area (Å²) in [6.07, 6.45) is 1.72. The van der Waals surface area contributed by atoms with Crippen LogP contribution in [0, 0.1) is 11.8 Å². The lowest BCUT2D eigenvalue weighted by molar-refractivity contribution is -0.142. The number of hydrogen-bond donors (Lipinski definition) is 4. The Morgan fingerprint density at radius 3 is 2.71 bits per heavy atom. The van der Waals surface area contributed by atoms with E-state index in [9.17, 15) is 4.79 Å². The minimum absolute atomic E-state index is 0.131. The predicted molar refractivity (Wildman–Crippen MR) is 51.7 cm³/mol.